The van der Waals surface area contributed by atoms with E-state index in [1.54, 1.807) is 0 Å². The van der Waals surface area contributed by atoms with Gasteiger partial charge in [-0.15, -0.1) is 0 Å². The van der Waals surface area contributed by atoms with Gasteiger partial charge in [0.25, 0.3) is 0 Å². The van der Waals surface area contributed by atoms with E-state index >= 15 is 0 Å². The van der Waals surface area contributed by atoms with Gasteiger partial charge in [0.05, 0.1) is 33.4 Å². The average Bonchev–Trinajstić information content (AvgIpc) is 2.79. The maximum atomic E-state index is 12.0. The van der Waals surface area contributed by atoms with Crippen molar-refractivity contribution in [1.82, 2.24) is 0 Å². The van der Waals surface area contributed by atoms with E-state index in [1.807, 2.05) is 0 Å². The number of quaternary nitrogens is 1. The summed E-state index contributed by atoms with van der Waals surface area (Å²) in [7, 11) is 4.17. The number of ether oxygens (including phenoxy) is 2. The molecular formula is C21H40NO3+. The molecule has 25 heavy (non-hydrogen) atoms. The maximum absolute atomic E-state index is 12.0. The molecule has 0 saturated heterocycles. The van der Waals surface area contributed by atoms with Crippen LogP contribution in [0.2, 0.25) is 0 Å². The monoisotopic (exact) mass is 354 g/mol. The van der Waals surface area contributed by atoms with Crippen molar-refractivity contribution < 1.29 is 18.8 Å². The largest absolute Gasteiger partial charge is 0.462 e. The molecule has 2 rings (SSSR count). The van der Waals surface area contributed by atoms with Crippen LogP contribution in [0.1, 0.15) is 60.3 Å². The molecule has 0 amide bonds. The Bertz CT molecular complexity index is 472. The minimum atomic E-state index is -0.0985. The highest BCUT2D eigenvalue weighted by Gasteiger charge is 2.61. The van der Waals surface area contributed by atoms with E-state index in [4.69, 9.17) is 9.47 Å². The van der Waals surface area contributed by atoms with E-state index in [-0.39, 0.29) is 5.97 Å². The van der Waals surface area contributed by atoms with Gasteiger partial charge in [0.1, 0.15) is 6.54 Å². The van der Waals surface area contributed by atoms with Crippen LogP contribution in [0.4, 0.5) is 0 Å². The van der Waals surface area contributed by atoms with Crippen LogP contribution in [0.25, 0.3) is 0 Å². The maximum Gasteiger partial charge on any atom is 0.361 e. The van der Waals surface area contributed by atoms with Crippen molar-refractivity contribution in [2.45, 2.75) is 66.4 Å². The lowest BCUT2D eigenvalue weighted by atomic mass is 9.70. The van der Waals surface area contributed by atoms with Crippen LogP contribution in [0.15, 0.2) is 0 Å². The summed E-state index contributed by atoms with van der Waals surface area (Å²) < 4.78 is 12.3. The number of fused-ring (bicyclic) bond motifs is 2. The van der Waals surface area contributed by atoms with Crippen molar-refractivity contribution in [3.8, 4) is 0 Å². The van der Waals surface area contributed by atoms with Crippen molar-refractivity contribution in [3.63, 3.8) is 0 Å². The Balaban J connectivity index is 1.73. The first kappa shape index (κ1) is 20.7. The molecule has 2 bridgehead atoms. The number of likely N-dealkylation sites (N-methyl/N-ethyl adjacent to an activating group) is 1. The fourth-order valence-electron chi connectivity index (χ4n) is 4.71. The first-order valence-electron chi connectivity index (χ1n) is 10.1. The Morgan fingerprint density at radius 2 is 1.88 bits per heavy atom. The van der Waals surface area contributed by atoms with Gasteiger partial charge >= 0.3 is 5.97 Å². The quantitative estimate of drug-likeness (QED) is 0.465. The predicted octanol–water partition coefficient (Wildman–Crippen LogP) is 3.88. The molecule has 0 aromatic carbocycles. The molecule has 2 aliphatic carbocycles. The number of carbonyl (C=O) groups is 1. The van der Waals surface area contributed by atoms with Gasteiger partial charge in [-0.1, -0.05) is 34.6 Å². The molecule has 2 fully saturated rings. The highest BCUT2D eigenvalue weighted by atomic mass is 16.5. The first-order valence-corrected chi connectivity index (χ1v) is 10.1. The zero-order valence-electron chi connectivity index (χ0n) is 17.6. The lowest BCUT2D eigenvalue weighted by molar-refractivity contribution is -0.883. The fraction of sp³-hybridized carbons (Fsp3) is 0.952. The molecule has 0 aromatic rings. The van der Waals surface area contributed by atoms with Gasteiger partial charge in [-0.05, 0) is 48.3 Å². The summed E-state index contributed by atoms with van der Waals surface area (Å²) in [5, 5.41) is 0. The molecule has 0 unspecified atom stereocenters. The number of esters is 1. The molecule has 0 radical (unpaired) electrons. The SMILES string of the molecule is CC(C)CCOC(=O)C[N+](C)(C)CCO[C@@H]1C[C@@H]2CC[C@@]1(C)C2(C)C. The zero-order chi connectivity index (χ0) is 18.9. The first-order chi connectivity index (χ1) is 11.5. The second-order valence-electron chi connectivity index (χ2n) is 10.2. The molecule has 0 N–H and O–H groups in total. The third kappa shape index (κ3) is 4.57. The Morgan fingerprint density at radius 3 is 2.40 bits per heavy atom. The van der Waals surface area contributed by atoms with Crippen molar-refractivity contribution in [1.29, 1.82) is 0 Å². The lowest BCUT2D eigenvalue weighted by Gasteiger charge is -2.39. The lowest BCUT2D eigenvalue weighted by Crippen LogP contribution is -2.47. The second-order valence-corrected chi connectivity index (χ2v) is 10.2. The van der Waals surface area contributed by atoms with Crippen LogP contribution in [0.3, 0.4) is 0 Å². The Kier molecular flexibility index (Phi) is 6.26. The average molecular weight is 355 g/mol. The molecule has 4 nitrogen and oxygen atoms in total. The Labute approximate surface area is 154 Å². The molecule has 4 heteroatoms. The smallest absolute Gasteiger partial charge is 0.361 e. The minimum Gasteiger partial charge on any atom is -0.462 e. The van der Waals surface area contributed by atoms with Crippen LogP contribution >= 0.6 is 0 Å². The van der Waals surface area contributed by atoms with Gasteiger partial charge < -0.3 is 14.0 Å². The van der Waals surface area contributed by atoms with Crippen LogP contribution in [-0.4, -0.2) is 57.0 Å². The van der Waals surface area contributed by atoms with Crippen molar-refractivity contribution in [3.05, 3.63) is 0 Å². The topological polar surface area (TPSA) is 35.5 Å². The minimum absolute atomic E-state index is 0.0985. The standard InChI is InChI=1S/C21H40NO3/c1-16(2)9-12-25-19(23)15-22(6,7)11-13-24-18-14-17-8-10-21(18,5)20(17,3)4/h16-18H,8-15H2,1-7H3/q+1/t17-,18+,21+/m0/s1. The molecule has 0 spiro atoms. The Morgan fingerprint density at radius 1 is 1.20 bits per heavy atom. The van der Waals surface area contributed by atoms with Crippen molar-refractivity contribution in [2.24, 2.45) is 22.7 Å². The number of hydrogen-bond acceptors (Lipinski definition) is 3. The summed E-state index contributed by atoms with van der Waals surface area (Å²) in [5.41, 5.74) is 0.701. The van der Waals surface area contributed by atoms with Crippen molar-refractivity contribution in [2.75, 3.05) is 40.4 Å². The molecule has 146 valence electrons. The van der Waals surface area contributed by atoms with Gasteiger partial charge in [-0.3, -0.25) is 0 Å². The van der Waals surface area contributed by atoms with E-state index in [0.29, 0.717) is 40.5 Å². The van der Waals surface area contributed by atoms with Gasteiger partial charge in [0.15, 0.2) is 6.54 Å². The number of hydrogen-bond donors (Lipinski definition) is 0. The second kappa shape index (κ2) is 7.56. The van der Waals surface area contributed by atoms with E-state index in [9.17, 15) is 4.79 Å². The van der Waals surface area contributed by atoms with E-state index in [0.717, 1.165) is 25.5 Å². The molecular weight excluding hydrogens is 314 g/mol. The molecule has 2 saturated carbocycles. The summed E-state index contributed by atoms with van der Waals surface area (Å²) >= 11 is 0. The summed E-state index contributed by atoms with van der Waals surface area (Å²) in [6.07, 6.45) is 5.15. The Hall–Kier alpha value is -0.610. The van der Waals surface area contributed by atoms with Crippen LogP contribution in [-0.2, 0) is 14.3 Å². The molecule has 0 aromatic heterocycles. The summed E-state index contributed by atoms with van der Waals surface area (Å²) in [6.45, 7) is 14.0. The van der Waals surface area contributed by atoms with Gasteiger partial charge in [-0.2, -0.15) is 0 Å². The number of carbonyl (C=O) groups excluding carboxylic acids is 1. The molecule has 2 aliphatic rings. The zero-order valence-corrected chi connectivity index (χ0v) is 17.6. The molecule has 0 aliphatic heterocycles. The van der Waals surface area contributed by atoms with E-state index in [2.05, 4.69) is 48.7 Å². The normalized spacial score (nSPS) is 30.9. The third-order valence-electron chi connectivity index (χ3n) is 7.24. The summed E-state index contributed by atoms with van der Waals surface area (Å²) in [5.74, 6) is 1.27. The van der Waals surface area contributed by atoms with Crippen LogP contribution < -0.4 is 0 Å². The van der Waals surface area contributed by atoms with Crippen LogP contribution in [0.5, 0.6) is 0 Å². The molecule has 3 atom stereocenters. The molecule has 0 heterocycles. The van der Waals surface area contributed by atoms with Gasteiger partial charge in [0.2, 0.25) is 0 Å². The van der Waals surface area contributed by atoms with E-state index in [1.165, 1.54) is 19.3 Å². The fourth-order valence-corrected chi connectivity index (χ4v) is 4.71. The van der Waals surface area contributed by atoms with E-state index < -0.39 is 0 Å². The van der Waals surface area contributed by atoms with Gasteiger partial charge in [0, 0.05) is 0 Å². The number of rotatable bonds is 9. The predicted molar refractivity (Wildman–Crippen MR) is 101 cm³/mol. The van der Waals surface area contributed by atoms with Gasteiger partial charge in [-0.25, -0.2) is 4.79 Å². The highest BCUT2D eigenvalue weighted by Crippen LogP contribution is 2.66. The number of nitrogens with zero attached hydrogens (tertiary/aromatic N) is 1. The third-order valence-corrected chi connectivity index (χ3v) is 7.24. The van der Waals surface area contributed by atoms with Crippen LogP contribution in [0, 0.1) is 22.7 Å². The summed E-state index contributed by atoms with van der Waals surface area (Å²) in [4.78, 5) is 12.0. The summed E-state index contributed by atoms with van der Waals surface area (Å²) in [6, 6.07) is 0. The highest BCUT2D eigenvalue weighted by molar-refractivity contribution is 5.70. The van der Waals surface area contributed by atoms with Crippen molar-refractivity contribution >= 4 is 5.97 Å².